The number of esters is 1. The molecule has 1 aliphatic heterocycles. The number of aryl methyl sites for hydroxylation is 1. The second-order valence-electron chi connectivity index (χ2n) is 10.4. The van der Waals surface area contributed by atoms with Crippen LogP contribution in [-0.4, -0.2) is 43.0 Å². The maximum Gasteiger partial charge on any atom is 0.408 e. The second kappa shape index (κ2) is 12.7. The van der Waals surface area contributed by atoms with Gasteiger partial charge in [0, 0.05) is 12.5 Å². The summed E-state index contributed by atoms with van der Waals surface area (Å²) in [5.41, 5.74) is 1.86. The van der Waals surface area contributed by atoms with Gasteiger partial charge in [0.1, 0.15) is 11.7 Å². The normalized spacial score (nSPS) is 23.4. The molecule has 1 aliphatic rings. The number of nitrogens with one attached hydrogen (secondary N) is 1. The van der Waals surface area contributed by atoms with Gasteiger partial charge < -0.3 is 19.5 Å². The second-order valence-corrected chi connectivity index (χ2v) is 10.4. The van der Waals surface area contributed by atoms with Crippen LogP contribution in [0.5, 0.6) is 0 Å². The van der Waals surface area contributed by atoms with E-state index in [2.05, 4.69) is 41.7 Å². The number of benzene rings is 2. The number of hydrogen-bond donors (Lipinski definition) is 1. The molecule has 1 heterocycles. The van der Waals surface area contributed by atoms with Gasteiger partial charge in [0.05, 0.1) is 6.61 Å². The van der Waals surface area contributed by atoms with Gasteiger partial charge >= 0.3 is 12.1 Å². The van der Waals surface area contributed by atoms with Crippen molar-refractivity contribution in [3.05, 3.63) is 71.8 Å². The summed E-state index contributed by atoms with van der Waals surface area (Å²) < 4.78 is 17.3. The van der Waals surface area contributed by atoms with Crippen molar-refractivity contribution in [3.63, 3.8) is 0 Å². The molecule has 2 aromatic rings. The molecule has 1 fully saturated rings. The zero-order chi connectivity index (χ0) is 25.3. The monoisotopic (exact) mass is 481 g/mol. The van der Waals surface area contributed by atoms with Crippen LogP contribution in [0.4, 0.5) is 4.79 Å². The highest BCUT2D eigenvalue weighted by molar-refractivity contribution is 5.81. The van der Waals surface area contributed by atoms with Gasteiger partial charge in [-0.15, -0.1) is 0 Å². The summed E-state index contributed by atoms with van der Waals surface area (Å²) in [6.45, 7) is 7.84. The lowest BCUT2D eigenvalue weighted by molar-refractivity contribution is -0.154. The minimum atomic E-state index is -0.909. The number of cyclic esters (lactones) is 1. The first-order valence-electron chi connectivity index (χ1n) is 12.6. The SMILES string of the molecule is C[C@@H]1OC(=O)[C@@H](NC(=O)OC(C)(C)C)COC[C@H](CCCc2ccccc2)[C@H]1Cc1ccccc1. The molecule has 1 saturated heterocycles. The molecular weight excluding hydrogens is 442 g/mol. The molecule has 1 amide bonds. The average Bonchev–Trinajstić information content (AvgIpc) is 2.85. The highest BCUT2D eigenvalue weighted by Gasteiger charge is 2.35. The highest BCUT2D eigenvalue weighted by atomic mass is 16.6. The Bertz CT molecular complexity index is 925. The number of rotatable bonds is 7. The molecule has 0 saturated carbocycles. The quantitative estimate of drug-likeness (QED) is 0.541. The predicted octanol–water partition coefficient (Wildman–Crippen LogP) is 5.34. The lowest BCUT2D eigenvalue weighted by Crippen LogP contribution is -2.47. The summed E-state index contributed by atoms with van der Waals surface area (Å²) >= 11 is 0. The first-order chi connectivity index (χ1) is 16.7. The lowest BCUT2D eigenvalue weighted by Gasteiger charge is -2.31. The van der Waals surface area contributed by atoms with E-state index in [1.807, 2.05) is 31.2 Å². The molecule has 0 spiro atoms. The van der Waals surface area contributed by atoms with Crippen LogP contribution in [0.3, 0.4) is 0 Å². The Morgan fingerprint density at radius 2 is 1.63 bits per heavy atom. The number of carbonyl (C=O) groups excluding carboxylic acids is 2. The standard InChI is InChI=1S/C29H39NO5/c1-21-25(18-23-14-9-6-10-15-23)24(17-11-16-22-12-7-5-8-13-22)19-33-20-26(27(31)34-21)30-28(32)35-29(2,3)4/h5-10,12-15,21,24-26H,11,16-20H2,1-4H3,(H,30,32)/t21-,24-,25-,26-/m0/s1. The number of hydrogen-bond acceptors (Lipinski definition) is 5. The van der Waals surface area contributed by atoms with E-state index in [1.54, 1.807) is 20.8 Å². The Morgan fingerprint density at radius 1 is 1.00 bits per heavy atom. The van der Waals surface area contributed by atoms with Gasteiger partial charge in [-0.2, -0.15) is 0 Å². The fraction of sp³-hybridized carbons (Fsp3) is 0.517. The molecule has 35 heavy (non-hydrogen) atoms. The van der Waals surface area contributed by atoms with E-state index >= 15 is 0 Å². The third-order valence-electron chi connectivity index (χ3n) is 6.30. The first kappa shape index (κ1) is 26.7. The van der Waals surface area contributed by atoms with E-state index in [-0.39, 0.29) is 24.5 Å². The number of ether oxygens (including phenoxy) is 3. The zero-order valence-corrected chi connectivity index (χ0v) is 21.4. The van der Waals surface area contributed by atoms with Crippen LogP contribution < -0.4 is 5.32 Å². The summed E-state index contributed by atoms with van der Waals surface area (Å²) in [6.07, 6.45) is 2.78. The molecule has 0 bridgehead atoms. The molecule has 6 heteroatoms. The summed E-state index contributed by atoms with van der Waals surface area (Å²) in [5.74, 6) is -0.189. The molecule has 190 valence electrons. The van der Waals surface area contributed by atoms with E-state index in [1.165, 1.54) is 11.1 Å². The Morgan fingerprint density at radius 3 is 2.26 bits per heavy atom. The summed E-state index contributed by atoms with van der Waals surface area (Å²) in [5, 5.41) is 2.62. The molecule has 0 radical (unpaired) electrons. The van der Waals surface area contributed by atoms with Crippen LogP contribution in [-0.2, 0) is 31.8 Å². The van der Waals surface area contributed by atoms with Crippen LogP contribution in [0.1, 0.15) is 51.7 Å². The Balaban J connectivity index is 1.72. The summed E-state index contributed by atoms with van der Waals surface area (Å²) in [4.78, 5) is 25.2. The Kier molecular flexibility index (Phi) is 9.73. The van der Waals surface area contributed by atoms with Crippen LogP contribution in [0.2, 0.25) is 0 Å². The maximum absolute atomic E-state index is 13.0. The topological polar surface area (TPSA) is 73.9 Å². The lowest BCUT2D eigenvalue weighted by atomic mass is 9.80. The fourth-order valence-electron chi connectivity index (χ4n) is 4.54. The number of carbonyl (C=O) groups is 2. The smallest absolute Gasteiger partial charge is 0.408 e. The van der Waals surface area contributed by atoms with E-state index in [9.17, 15) is 9.59 Å². The molecule has 0 aliphatic carbocycles. The van der Waals surface area contributed by atoms with Crippen molar-refractivity contribution in [2.45, 2.75) is 71.1 Å². The third-order valence-corrected chi connectivity index (χ3v) is 6.30. The van der Waals surface area contributed by atoms with Crippen molar-refractivity contribution >= 4 is 12.1 Å². The van der Waals surface area contributed by atoms with Gasteiger partial charge in [0.15, 0.2) is 6.04 Å². The van der Waals surface area contributed by atoms with E-state index in [4.69, 9.17) is 14.2 Å². The summed E-state index contributed by atoms with van der Waals surface area (Å²) in [6, 6.07) is 19.8. The molecule has 4 atom stereocenters. The number of amides is 1. The van der Waals surface area contributed by atoms with Gasteiger partial charge in [-0.3, -0.25) is 0 Å². The highest BCUT2D eigenvalue weighted by Crippen LogP contribution is 2.29. The van der Waals surface area contributed by atoms with E-state index < -0.39 is 23.7 Å². The Labute approximate surface area is 209 Å². The van der Waals surface area contributed by atoms with Gasteiger partial charge in [-0.05, 0) is 70.4 Å². The van der Waals surface area contributed by atoms with Crippen LogP contribution in [0.25, 0.3) is 0 Å². The first-order valence-corrected chi connectivity index (χ1v) is 12.6. The van der Waals surface area contributed by atoms with Gasteiger partial charge in [-0.1, -0.05) is 60.7 Å². The molecule has 3 rings (SSSR count). The van der Waals surface area contributed by atoms with Crippen molar-refractivity contribution in [1.82, 2.24) is 5.32 Å². The third kappa shape index (κ3) is 9.02. The van der Waals surface area contributed by atoms with E-state index in [0.29, 0.717) is 6.61 Å². The molecule has 0 unspecified atom stereocenters. The van der Waals surface area contributed by atoms with Crippen molar-refractivity contribution in [1.29, 1.82) is 0 Å². The minimum absolute atomic E-state index is 0.0536. The molecule has 1 N–H and O–H groups in total. The van der Waals surface area contributed by atoms with Crippen molar-refractivity contribution < 1.29 is 23.8 Å². The van der Waals surface area contributed by atoms with Gasteiger partial charge in [0.2, 0.25) is 0 Å². The largest absolute Gasteiger partial charge is 0.461 e. The van der Waals surface area contributed by atoms with Crippen molar-refractivity contribution in [3.8, 4) is 0 Å². The molecule has 6 nitrogen and oxygen atoms in total. The van der Waals surface area contributed by atoms with Crippen molar-refractivity contribution in [2.75, 3.05) is 13.2 Å². The van der Waals surface area contributed by atoms with E-state index in [0.717, 1.165) is 25.7 Å². The average molecular weight is 482 g/mol. The van der Waals surface area contributed by atoms with Gasteiger partial charge in [0.25, 0.3) is 0 Å². The zero-order valence-electron chi connectivity index (χ0n) is 21.4. The fourth-order valence-corrected chi connectivity index (χ4v) is 4.54. The molecule has 0 aromatic heterocycles. The maximum atomic E-state index is 13.0. The van der Waals surface area contributed by atoms with Crippen molar-refractivity contribution in [2.24, 2.45) is 11.8 Å². The molecular formula is C29H39NO5. The van der Waals surface area contributed by atoms with Gasteiger partial charge in [-0.25, -0.2) is 9.59 Å². The predicted molar refractivity (Wildman–Crippen MR) is 136 cm³/mol. The summed E-state index contributed by atoms with van der Waals surface area (Å²) in [7, 11) is 0. The molecule has 2 aromatic carbocycles. The van der Waals surface area contributed by atoms with Crippen LogP contribution in [0.15, 0.2) is 60.7 Å². The van der Waals surface area contributed by atoms with Crippen LogP contribution in [0, 0.1) is 11.8 Å². The number of alkyl carbamates (subject to hydrolysis) is 1. The Hall–Kier alpha value is -2.86. The minimum Gasteiger partial charge on any atom is -0.461 e. The van der Waals surface area contributed by atoms with Crippen LogP contribution >= 0.6 is 0 Å².